The maximum absolute atomic E-state index is 12.1. The maximum atomic E-state index is 12.1. The average molecular weight is 562 g/mol. The first-order valence-electron chi connectivity index (χ1n) is 12.9. The fourth-order valence-corrected chi connectivity index (χ4v) is 6.15. The van der Waals surface area contributed by atoms with E-state index in [4.69, 9.17) is 9.26 Å². The minimum Gasteiger partial charge on any atom is -1.00 e. The van der Waals surface area contributed by atoms with Crippen molar-refractivity contribution in [1.82, 2.24) is 5.16 Å². The van der Waals surface area contributed by atoms with Crippen molar-refractivity contribution < 1.29 is 35.8 Å². The van der Waals surface area contributed by atoms with E-state index in [0.717, 1.165) is 66.1 Å². The van der Waals surface area contributed by atoms with Gasteiger partial charge in [0, 0.05) is 24.8 Å². The van der Waals surface area contributed by atoms with E-state index in [9.17, 15) is 5.11 Å². The highest BCUT2D eigenvalue weighted by atomic mass is 79.9. The molecule has 0 aliphatic carbocycles. The lowest BCUT2D eigenvalue weighted by atomic mass is 9.82. The molecule has 1 aromatic heterocycles. The van der Waals surface area contributed by atoms with Crippen LogP contribution in [0.1, 0.15) is 41.0 Å². The van der Waals surface area contributed by atoms with E-state index >= 15 is 0 Å². The number of aliphatic hydroxyl groups is 1. The Morgan fingerprint density at radius 1 is 0.919 bits per heavy atom. The van der Waals surface area contributed by atoms with E-state index in [2.05, 4.69) is 36.3 Å². The Hall–Kier alpha value is -2.93. The highest BCUT2D eigenvalue weighted by Crippen LogP contribution is 2.39. The van der Waals surface area contributed by atoms with Crippen LogP contribution >= 0.6 is 0 Å². The van der Waals surface area contributed by atoms with Crippen LogP contribution in [0.15, 0.2) is 95.5 Å². The molecular weight excluding hydrogens is 528 g/mol. The van der Waals surface area contributed by atoms with Crippen LogP contribution in [-0.4, -0.2) is 40.5 Å². The van der Waals surface area contributed by atoms with Gasteiger partial charge in [0.25, 0.3) is 0 Å². The van der Waals surface area contributed by atoms with Crippen LogP contribution in [0, 0.1) is 12.8 Å². The van der Waals surface area contributed by atoms with E-state index in [1.54, 1.807) is 0 Å². The molecule has 192 valence electrons. The summed E-state index contributed by atoms with van der Waals surface area (Å²) in [5, 5.41) is 16.5. The minimum absolute atomic E-state index is 0. The summed E-state index contributed by atoms with van der Waals surface area (Å²) in [6, 6.07) is 29.7. The number of hydrogen-bond donors (Lipinski definition) is 1. The molecule has 1 atom stereocenters. The van der Waals surface area contributed by atoms with Gasteiger partial charge < -0.3 is 35.8 Å². The molecule has 2 bridgehead atoms. The zero-order valence-corrected chi connectivity index (χ0v) is 22.7. The molecule has 37 heavy (non-hydrogen) atoms. The number of hydrogen-bond acceptors (Lipinski definition) is 4. The van der Waals surface area contributed by atoms with Crippen molar-refractivity contribution in [3.63, 3.8) is 0 Å². The molecule has 6 heteroatoms. The van der Waals surface area contributed by atoms with Crippen LogP contribution in [0.5, 0.6) is 5.75 Å². The number of quaternary nitrogens is 1. The highest BCUT2D eigenvalue weighted by molar-refractivity contribution is 5.44. The topological polar surface area (TPSA) is 55.5 Å². The van der Waals surface area contributed by atoms with E-state index < -0.39 is 5.60 Å². The van der Waals surface area contributed by atoms with Gasteiger partial charge in [-0.1, -0.05) is 78.0 Å². The first kappa shape index (κ1) is 25.7. The molecule has 3 aromatic carbocycles. The normalized spacial score (nSPS) is 22.9. The molecule has 1 N–H and O–H groups in total. The first-order chi connectivity index (χ1) is 17.5. The van der Waals surface area contributed by atoms with Gasteiger partial charge in [0.1, 0.15) is 24.5 Å². The van der Waals surface area contributed by atoms with E-state index in [1.807, 2.05) is 66.7 Å². The van der Waals surface area contributed by atoms with Crippen molar-refractivity contribution in [2.75, 3.05) is 19.6 Å². The van der Waals surface area contributed by atoms with Crippen molar-refractivity contribution in [3.8, 4) is 5.75 Å². The largest absolute Gasteiger partial charge is 1.00 e. The van der Waals surface area contributed by atoms with Gasteiger partial charge in [0.2, 0.25) is 0 Å². The molecule has 0 amide bonds. The van der Waals surface area contributed by atoms with Crippen molar-refractivity contribution in [1.29, 1.82) is 0 Å². The fourth-order valence-electron chi connectivity index (χ4n) is 6.15. The van der Waals surface area contributed by atoms with E-state index in [1.165, 1.54) is 5.56 Å². The number of nitrogens with zero attached hydrogens (tertiary/aromatic N) is 2. The average Bonchev–Trinajstić information content (AvgIpc) is 3.38. The van der Waals surface area contributed by atoms with Gasteiger partial charge in [-0.3, -0.25) is 0 Å². The van der Waals surface area contributed by atoms with Crippen LogP contribution in [-0.2, 0) is 12.1 Å². The quantitative estimate of drug-likeness (QED) is 0.353. The van der Waals surface area contributed by atoms with Crippen LogP contribution < -0.4 is 21.7 Å². The van der Waals surface area contributed by atoms with E-state index in [-0.39, 0.29) is 23.1 Å². The molecule has 4 aromatic rings. The third kappa shape index (κ3) is 4.98. The highest BCUT2D eigenvalue weighted by Gasteiger charge is 2.48. The zero-order valence-electron chi connectivity index (χ0n) is 21.1. The molecular formula is C31H33BrN2O3. The summed E-state index contributed by atoms with van der Waals surface area (Å²) in [5.41, 5.74) is 1.90. The standard InChI is InChI=1S/C31H33N2O3.BrH/c1-23-9-8-14-27(19-23)35-29-22-33(17-15-24(29)16-18-33)21-28-20-30(32-36-28)31(34,25-10-4-2-5-11-25)26-12-6-3-7-13-26;/h2-14,19-20,24,29,34H,15-18,21-22H2,1H3;1H/q+1;/p-1/t24?,29-,33?;/m0./s1. The lowest BCUT2D eigenvalue weighted by Gasteiger charge is -2.51. The zero-order chi connectivity index (χ0) is 24.6. The summed E-state index contributed by atoms with van der Waals surface area (Å²) in [6.07, 6.45) is 2.53. The number of aryl methyl sites for hydroxylation is 1. The lowest BCUT2D eigenvalue weighted by Crippen LogP contribution is -3.00. The SMILES string of the molecule is Cc1cccc(O[C@H]2C[N+]3(Cc4cc(C(O)(c5ccccc5)c5ccccc5)no4)CCC2CC3)c1.[Br-]. The number of benzene rings is 3. The first-order valence-corrected chi connectivity index (χ1v) is 12.9. The second kappa shape index (κ2) is 10.4. The Labute approximate surface area is 229 Å². The smallest absolute Gasteiger partial charge is 0.191 e. The molecule has 3 aliphatic heterocycles. The van der Waals surface area contributed by atoms with Crippen LogP contribution in [0.2, 0.25) is 0 Å². The Morgan fingerprint density at radius 2 is 1.57 bits per heavy atom. The van der Waals surface area contributed by atoms with Gasteiger partial charge in [-0.2, -0.15) is 0 Å². The molecule has 4 heterocycles. The molecule has 0 spiro atoms. The molecule has 3 aliphatic rings. The summed E-state index contributed by atoms with van der Waals surface area (Å²) in [6.45, 7) is 6.07. The summed E-state index contributed by atoms with van der Waals surface area (Å²) < 4.78 is 13.4. The van der Waals surface area contributed by atoms with Gasteiger partial charge in [-0.25, -0.2) is 0 Å². The van der Waals surface area contributed by atoms with Crippen LogP contribution in [0.25, 0.3) is 0 Å². The third-order valence-corrected chi connectivity index (χ3v) is 8.12. The summed E-state index contributed by atoms with van der Waals surface area (Å²) in [4.78, 5) is 0. The molecule has 0 unspecified atom stereocenters. The molecule has 0 saturated carbocycles. The summed E-state index contributed by atoms with van der Waals surface area (Å²) >= 11 is 0. The number of aromatic nitrogens is 1. The predicted molar refractivity (Wildman–Crippen MR) is 138 cm³/mol. The molecule has 3 saturated heterocycles. The maximum Gasteiger partial charge on any atom is 0.191 e. The molecule has 7 rings (SSSR count). The Morgan fingerprint density at radius 3 is 2.19 bits per heavy atom. The van der Waals surface area contributed by atoms with Crippen LogP contribution in [0.4, 0.5) is 0 Å². The Bertz CT molecular complexity index is 1280. The number of halogens is 1. The molecule has 0 radical (unpaired) electrons. The van der Waals surface area contributed by atoms with Crippen molar-refractivity contribution in [3.05, 3.63) is 119 Å². The third-order valence-electron chi connectivity index (χ3n) is 8.12. The van der Waals surface area contributed by atoms with E-state index in [0.29, 0.717) is 11.6 Å². The van der Waals surface area contributed by atoms with Crippen molar-refractivity contribution >= 4 is 0 Å². The second-order valence-corrected chi connectivity index (χ2v) is 10.6. The van der Waals surface area contributed by atoms with Gasteiger partial charge in [-0.05, 0) is 35.7 Å². The Kier molecular flexibility index (Phi) is 7.26. The molecule has 5 nitrogen and oxygen atoms in total. The lowest BCUT2D eigenvalue weighted by molar-refractivity contribution is -0.959. The second-order valence-electron chi connectivity index (χ2n) is 10.6. The predicted octanol–water partition coefficient (Wildman–Crippen LogP) is 2.46. The van der Waals surface area contributed by atoms with Crippen molar-refractivity contribution in [2.45, 2.75) is 38.0 Å². The molecule has 3 fully saturated rings. The Balaban J connectivity index is 0.00000280. The summed E-state index contributed by atoms with van der Waals surface area (Å²) in [7, 11) is 0. The van der Waals surface area contributed by atoms with Gasteiger partial charge in [0.05, 0.1) is 13.1 Å². The summed E-state index contributed by atoms with van der Waals surface area (Å²) in [5.74, 6) is 2.38. The van der Waals surface area contributed by atoms with Crippen molar-refractivity contribution in [2.24, 2.45) is 5.92 Å². The van der Waals surface area contributed by atoms with Crippen LogP contribution in [0.3, 0.4) is 0 Å². The number of fused-ring (bicyclic) bond motifs is 3. The number of piperidine rings is 3. The number of rotatable bonds is 7. The number of ether oxygens (including phenoxy) is 1. The van der Waals surface area contributed by atoms with Gasteiger partial charge >= 0.3 is 0 Å². The van der Waals surface area contributed by atoms with Gasteiger partial charge in [-0.15, -0.1) is 0 Å². The minimum atomic E-state index is -1.38. The fraction of sp³-hybridized carbons (Fsp3) is 0.323. The monoisotopic (exact) mass is 560 g/mol. The van der Waals surface area contributed by atoms with Gasteiger partial charge in [0.15, 0.2) is 17.5 Å².